The van der Waals surface area contributed by atoms with Gasteiger partial charge in [-0.15, -0.1) is 0 Å². The summed E-state index contributed by atoms with van der Waals surface area (Å²) in [5.74, 6) is -0.685. The monoisotopic (exact) mass is 445 g/mol. The third-order valence-corrected chi connectivity index (χ3v) is 8.16. The Bertz CT molecular complexity index is 1090. The van der Waals surface area contributed by atoms with E-state index in [0.29, 0.717) is 0 Å². The van der Waals surface area contributed by atoms with E-state index in [1.54, 1.807) is 19.1 Å². The van der Waals surface area contributed by atoms with Crippen LogP contribution < -0.4 is 5.32 Å². The second-order valence-electron chi connectivity index (χ2n) is 8.19. The summed E-state index contributed by atoms with van der Waals surface area (Å²) < 4.78 is 27.1. The first-order valence-electron chi connectivity index (χ1n) is 10.1. The highest BCUT2D eigenvalue weighted by atomic mass is 32.2. The van der Waals surface area contributed by atoms with Crippen molar-refractivity contribution in [3.8, 4) is 6.07 Å². The summed E-state index contributed by atoms with van der Waals surface area (Å²) in [5, 5.41) is 11.9. The molecule has 1 aliphatic carbocycles. The number of hydrogen-bond donors (Lipinski definition) is 1. The normalized spacial score (nSPS) is 24.8. The molecule has 1 saturated carbocycles. The molecular formula is C20H23N5O5S. The summed E-state index contributed by atoms with van der Waals surface area (Å²) in [6, 6.07) is 7.31. The maximum absolute atomic E-state index is 12.9. The predicted octanol–water partition coefficient (Wildman–Crippen LogP) is 0.112. The van der Waals surface area contributed by atoms with E-state index in [9.17, 15) is 28.1 Å². The molecule has 31 heavy (non-hydrogen) atoms. The van der Waals surface area contributed by atoms with Crippen LogP contribution in [0.25, 0.3) is 0 Å². The molecule has 11 heteroatoms. The smallest absolute Gasteiger partial charge is 0.325 e. The molecule has 10 nitrogen and oxygen atoms in total. The Labute approximate surface area is 180 Å². The van der Waals surface area contributed by atoms with Crippen molar-refractivity contribution >= 4 is 27.9 Å². The molecule has 4 rings (SSSR count). The lowest BCUT2D eigenvalue weighted by molar-refractivity contribution is -0.139. The number of urea groups is 1. The highest BCUT2D eigenvalue weighted by Gasteiger charge is 2.56. The average Bonchev–Trinajstić information content (AvgIpc) is 3.59. The standard InChI is InChI=1S/C20H23N5O5S/c1-20(15-6-7-15)18(27)25(19(28)22-20)13-17(26)23-8-10-24(11-9-23)31(29,30)16-5-3-2-4-14(16)12-21/h2-5,15H,6-11,13H2,1H3,(H,22,28)/t20-/m1/s1. The van der Waals surface area contributed by atoms with Crippen molar-refractivity contribution in [1.82, 2.24) is 19.4 Å². The topological polar surface area (TPSA) is 131 Å². The zero-order valence-electron chi connectivity index (χ0n) is 17.1. The van der Waals surface area contributed by atoms with Gasteiger partial charge in [0.05, 0.1) is 10.5 Å². The van der Waals surface area contributed by atoms with Crippen molar-refractivity contribution in [3.63, 3.8) is 0 Å². The number of carbonyl (C=O) groups is 3. The molecule has 1 atom stereocenters. The number of nitrogens with one attached hydrogen (secondary N) is 1. The van der Waals surface area contributed by atoms with E-state index in [-0.39, 0.29) is 55.0 Å². The first-order chi connectivity index (χ1) is 14.7. The summed E-state index contributed by atoms with van der Waals surface area (Å²) in [5.41, 5.74) is -0.878. The number of benzene rings is 1. The molecular weight excluding hydrogens is 422 g/mol. The minimum Gasteiger partial charge on any atom is -0.338 e. The van der Waals surface area contributed by atoms with Crippen molar-refractivity contribution in [2.45, 2.75) is 30.2 Å². The Morgan fingerprint density at radius 1 is 1.19 bits per heavy atom. The molecule has 0 bridgehead atoms. The fourth-order valence-electron chi connectivity index (χ4n) is 4.13. The molecule has 1 aromatic rings. The van der Waals surface area contributed by atoms with E-state index in [1.807, 2.05) is 6.07 Å². The number of nitriles is 1. The summed E-state index contributed by atoms with van der Waals surface area (Å²) in [4.78, 5) is 40.0. The van der Waals surface area contributed by atoms with Crippen molar-refractivity contribution in [1.29, 1.82) is 5.26 Å². The highest BCUT2D eigenvalue weighted by molar-refractivity contribution is 7.89. The van der Waals surface area contributed by atoms with E-state index in [0.717, 1.165) is 17.7 Å². The summed E-state index contributed by atoms with van der Waals surface area (Å²) >= 11 is 0. The van der Waals surface area contributed by atoms with Gasteiger partial charge in [0, 0.05) is 26.2 Å². The van der Waals surface area contributed by atoms with Gasteiger partial charge in [0.25, 0.3) is 5.91 Å². The number of carbonyl (C=O) groups excluding carboxylic acids is 3. The molecule has 0 radical (unpaired) electrons. The second kappa shape index (κ2) is 7.62. The molecule has 3 aliphatic rings. The summed E-state index contributed by atoms with van der Waals surface area (Å²) in [6.07, 6.45) is 1.74. The van der Waals surface area contributed by atoms with Gasteiger partial charge < -0.3 is 10.2 Å². The molecule has 0 aromatic heterocycles. The Morgan fingerprint density at radius 2 is 1.84 bits per heavy atom. The van der Waals surface area contributed by atoms with Crippen LogP contribution in [-0.4, -0.2) is 78.6 Å². The van der Waals surface area contributed by atoms with Gasteiger partial charge in [-0.3, -0.25) is 14.5 Å². The number of nitrogens with zero attached hydrogens (tertiary/aromatic N) is 4. The molecule has 3 fully saturated rings. The van der Waals surface area contributed by atoms with Crippen LogP contribution in [0.5, 0.6) is 0 Å². The van der Waals surface area contributed by atoms with Gasteiger partial charge in [-0.2, -0.15) is 9.57 Å². The van der Waals surface area contributed by atoms with Crippen molar-refractivity contribution < 1.29 is 22.8 Å². The summed E-state index contributed by atoms with van der Waals surface area (Å²) in [7, 11) is -3.87. The third kappa shape index (κ3) is 3.66. The lowest BCUT2D eigenvalue weighted by Gasteiger charge is -2.34. The third-order valence-electron chi connectivity index (χ3n) is 6.21. The van der Waals surface area contributed by atoms with E-state index in [1.165, 1.54) is 21.3 Å². The minimum atomic E-state index is -3.87. The maximum Gasteiger partial charge on any atom is 0.325 e. The SMILES string of the molecule is C[C@]1(C2CC2)NC(=O)N(CC(=O)N2CCN(S(=O)(=O)c3ccccc3C#N)CC2)C1=O. The first-order valence-corrected chi connectivity index (χ1v) is 11.5. The van der Waals surface area contributed by atoms with Gasteiger partial charge >= 0.3 is 6.03 Å². The van der Waals surface area contributed by atoms with Gasteiger partial charge in [0.1, 0.15) is 18.2 Å². The predicted molar refractivity (Wildman–Crippen MR) is 108 cm³/mol. The molecule has 1 N–H and O–H groups in total. The first kappa shape index (κ1) is 21.3. The van der Waals surface area contributed by atoms with Gasteiger partial charge in [-0.05, 0) is 37.8 Å². The van der Waals surface area contributed by atoms with Crippen molar-refractivity contribution in [2.75, 3.05) is 32.7 Å². The number of hydrogen-bond acceptors (Lipinski definition) is 6. The quantitative estimate of drug-likeness (QED) is 0.640. The lowest BCUT2D eigenvalue weighted by atomic mass is 9.96. The largest absolute Gasteiger partial charge is 0.338 e. The maximum atomic E-state index is 12.9. The number of amides is 4. The average molecular weight is 446 g/mol. The van der Waals surface area contributed by atoms with Crippen LogP contribution in [0.2, 0.25) is 0 Å². The highest BCUT2D eigenvalue weighted by Crippen LogP contribution is 2.42. The zero-order chi connectivity index (χ0) is 22.4. The van der Waals surface area contributed by atoms with Crippen LogP contribution in [0.3, 0.4) is 0 Å². The number of rotatable bonds is 5. The van der Waals surface area contributed by atoms with Gasteiger partial charge in [0.15, 0.2) is 0 Å². The Hall–Kier alpha value is -2.97. The fraction of sp³-hybridized carbons (Fsp3) is 0.500. The second-order valence-corrected chi connectivity index (χ2v) is 10.1. The van der Waals surface area contributed by atoms with Crippen LogP contribution in [0.15, 0.2) is 29.2 Å². The van der Waals surface area contributed by atoms with Crippen LogP contribution in [0.4, 0.5) is 4.79 Å². The molecule has 1 aromatic carbocycles. The van der Waals surface area contributed by atoms with Crippen LogP contribution in [0.1, 0.15) is 25.3 Å². The van der Waals surface area contributed by atoms with Gasteiger partial charge in [-0.25, -0.2) is 13.2 Å². The number of imide groups is 1. The van der Waals surface area contributed by atoms with Crippen LogP contribution >= 0.6 is 0 Å². The minimum absolute atomic E-state index is 0.0593. The zero-order valence-corrected chi connectivity index (χ0v) is 17.9. The van der Waals surface area contributed by atoms with Crippen LogP contribution in [0, 0.1) is 17.2 Å². The summed E-state index contributed by atoms with van der Waals surface area (Å²) in [6.45, 7) is 1.73. The molecule has 2 aliphatic heterocycles. The number of piperazine rings is 1. The fourth-order valence-corrected chi connectivity index (χ4v) is 5.70. The van der Waals surface area contributed by atoms with Gasteiger partial charge in [-0.1, -0.05) is 12.1 Å². The molecule has 4 amide bonds. The Kier molecular flexibility index (Phi) is 5.23. The van der Waals surface area contributed by atoms with E-state index in [4.69, 9.17) is 0 Å². The van der Waals surface area contributed by atoms with Crippen molar-refractivity contribution in [3.05, 3.63) is 29.8 Å². The number of sulfonamides is 1. The lowest BCUT2D eigenvalue weighted by Crippen LogP contribution is -2.53. The molecule has 164 valence electrons. The molecule has 0 spiro atoms. The van der Waals surface area contributed by atoms with E-state index < -0.39 is 27.5 Å². The Balaban J connectivity index is 1.39. The van der Waals surface area contributed by atoms with Crippen LogP contribution in [-0.2, 0) is 19.6 Å². The van der Waals surface area contributed by atoms with Gasteiger partial charge in [0.2, 0.25) is 15.9 Å². The Morgan fingerprint density at radius 3 is 2.45 bits per heavy atom. The molecule has 2 heterocycles. The molecule has 0 unspecified atom stereocenters. The van der Waals surface area contributed by atoms with E-state index >= 15 is 0 Å². The van der Waals surface area contributed by atoms with Crippen molar-refractivity contribution in [2.24, 2.45) is 5.92 Å². The van der Waals surface area contributed by atoms with E-state index in [2.05, 4.69) is 5.32 Å². The molecule has 2 saturated heterocycles.